The average Bonchev–Trinajstić information content (AvgIpc) is 3.35. The minimum atomic E-state index is -2.43. The predicted molar refractivity (Wildman–Crippen MR) is 143 cm³/mol. The van der Waals surface area contributed by atoms with E-state index in [0.717, 1.165) is 0 Å². The molecule has 5 aromatic carbocycles. The van der Waals surface area contributed by atoms with Gasteiger partial charge in [0.25, 0.3) is 0 Å². The first-order valence-corrected chi connectivity index (χ1v) is 13.5. The molecule has 0 atom stereocenters. The van der Waals surface area contributed by atoms with Crippen LogP contribution in [0.25, 0.3) is 32.9 Å². The van der Waals surface area contributed by atoms with Gasteiger partial charge in [-0.05, 0) is 44.0 Å². The van der Waals surface area contributed by atoms with Gasteiger partial charge in [-0.15, -0.1) is 0 Å². The van der Waals surface area contributed by atoms with Crippen molar-refractivity contribution in [2.45, 2.75) is 0 Å². The van der Waals surface area contributed by atoms with Crippen molar-refractivity contribution in [3.8, 4) is 11.1 Å². The second-order valence-corrected chi connectivity index (χ2v) is 12.7. The average molecular weight is 438 g/mol. The number of hydrogen-bond acceptors (Lipinski definition) is 0. The number of rotatable bonds is 2. The Balaban J connectivity index is 1.74. The zero-order chi connectivity index (χ0) is 22.0. The third-order valence-electron chi connectivity index (χ3n) is 7.50. The van der Waals surface area contributed by atoms with Crippen LogP contribution in [0.4, 0.5) is 0 Å². The second-order valence-electron chi connectivity index (χ2n) is 8.99. The SMILES string of the molecule is Cn1c2ccccc2c2c3c(ccc21)[Si](c1ccccc1)(c1ccccc1)c1ccccc1-3. The number of aryl methyl sites for hydroxylation is 1. The number of aromatic nitrogens is 1. The van der Waals surface area contributed by atoms with Crippen LogP contribution in [0.1, 0.15) is 0 Å². The van der Waals surface area contributed by atoms with Crippen molar-refractivity contribution in [3.05, 3.63) is 121 Å². The van der Waals surface area contributed by atoms with E-state index < -0.39 is 8.07 Å². The van der Waals surface area contributed by atoms with Crippen molar-refractivity contribution in [2.24, 2.45) is 7.05 Å². The molecule has 0 saturated heterocycles. The molecule has 1 nitrogen and oxygen atoms in total. The summed E-state index contributed by atoms with van der Waals surface area (Å²) in [6.07, 6.45) is 0. The molecule has 33 heavy (non-hydrogen) atoms. The minimum absolute atomic E-state index is 1.29. The summed E-state index contributed by atoms with van der Waals surface area (Å²) in [5, 5.41) is 8.62. The van der Waals surface area contributed by atoms with E-state index in [0.29, 0.717) is 0 Å². The fraction of sp³-hybridized carbons (Fsp3) is 0.0323. The van der Waals surface area contributed by atoms with Crippen LogP contribution in [0.5, 0.6) is 0 Å². The van der Waals surface area contributed by atoms with Gasteiger partial charge in [-0.25, -0.2) is 0 Å². The highest BCUT2D eigenvalue weighted by Gasteiger charge is 2.49. The topological polar surface area (TPSA) is 4.93 Å². The van der Waals surface area contributed by atoms with Crippen molar-refractivity contribution in [1.29, 1.82) is 0 Å². The van der Waals surface area contributed by atoms with Gasteiger partial charge in [-0.1, -0.05) is 109 Å². The number of hydrogen-bond donors (Lipinski definition) is 0. The van der Waals surface area contributed by atoms with Gasteiger partial charge in [-0.2, -0.15) is 0 Å². The minimum Gasteiger partial charge on any atom is -0.344 e. The molecular formula is C31H23NSi. The molecule has 7 rings (SSSR count). The molecule has 6 aromatic rings. The van der Waals surface area contributed by atoms with E-state index in [1.165, 1.54) is 53.7 Å². The standard InChI is InChI=1S/C31H23NSi/c1-32-26-18-10-8-16-24(26)30-27(32)20-21-29-31(30)25-17-9-11-19-28(25)33(29,22-12-4-2-5-13-22)23-14-6-3-7-15-23/h2-21H,1H3. The molecule has 2 heteroatoms. The van der Waals surface area contributed by atoms with Gasteiger partial charge in [0.05, 0.1) is 0 Å². The molecule has 0 unspecified atom stereocenters. The lowest BCUT2D eigenvalue weighted by atomic mass is 9.99. The Morgan fingerprint density at radius 1 is 0.515 bits per heavy atom. The van der Waals surface area contributed by atoms with Crippen LogP contribution < -0.4 is 20.7 Å². The molecule has 0 spiro atoms. The molecule has 0 bridgehead atoms. The Kier molecular flexibility index (Phi) is 3.85. The quantitative estimate of drug-likeness (QED) is 0.346. The van der Waals surface area contributed by atoms with E-state index in [2.05, 4.69) is 133 Å². The molecule has 2 heterocycles. The van der Waals surface area contributed by atoms with Gasteiger partial charge < -0.3 is 4.57 Å². The van der Waals surface area contributed by atoms with Crippen molar-refractivity contribution >= 4 is 50.6 Å². The first-order valence-electron chi connectivity index (χ1n) is 11.5. The van der Waals surface area contributed by atoms with Crippen LogP contribution in [-0.2, 0) is 7.05 Å². The lowest BCUT2D eigenvalue weighted by Gasteiger charge is -2.31. The highest BCUT2D eigenvalue weighted by atomic mass is 28.3. The maximum atomic E-state index is 2.43. The van der Waals surface area contributed by atoms with Crippen molar-refractivity contribution in [3.63, 3.8) is 0 Å². The fourth-order valence-corrected chi connectivity index (χ4v) is 11.4. The molecule has 0 fully saturated rings. The van der Waals surface area contributed by atoms with Gasteiger partial charge in [-0.3, -0.25) is 0 Å². The number of fused-ring (bicyclic) bond motifs is 7. The van der Waals surface area contributed by atoms with E-state index in [-0.39, 0.29) is 0 Å². The third-order valence-corrected chi connectivity index (χ3v) is 12.4. The van der Waals surface area contributed by atoms with E-state index in [9.17, 15) is 0 Å². The van der Waals surface area contributed by atoms with Crippen LogP contribution >= 0.6 is 0 Å². The number of benzene rings is 5. The summed E-state index contributed by atoms with van der Waals surface area (Å²) in [5.41, 5.74) is 5.42. The van der Waals surface area contributed by atoms with E-state index in [1.54, 1.807) is 0 Å². The lowest BCUT2D eigenvalue weighted by molar-refractivity contribution is 1.01. The Hall–Kier alpha value is -3.88. The summed E-state index contributed by atoms with van der Waals surface area (Å²) in [6, 6.07) is 45.2. The summed E-state index contributed by atoms with van der Waals surface area (Å²) >= 11 is 0. The monoisotopic (exact) mass is 437 g/mol. The maximum Gasteiger partial charge on any atom is 0.180 e. The second kappa shape index (κ2) is 6.81. The molecule has 0 N–H and O–H groups in total. The highest BCUT2D eigenvalue weighted by molar-refractivity contribution is 7.22. The smallest absolute Gasteiger partial charge is 0.180 e. The van der Waals surface area contributed by atoms with Crippen LogP contribution in [0.15, 0.2) is 121 Å². The lowest BCUT2D eigenvalue weighted by Crippen LogP contribution is -2.72. The third kappa shape index (κ3) is 2.31. The van der Waals surface area contributed by atoms with Gasteiger partial charge in [0.15, 0.2) is 8.07 Å². The molecular weight excluding hydrogens is 414 g/mol. The Labute approximate surface area is 194 Å². The van der Waals surface area contributed by atoms with Crippen LogP contribution in [0, 0.1) is 0 Å². The van der Waals surface area contributed by atoms with Crippen LogP contribution in [0.3, 0.4) is 0 Å². The van der Waals surface area contributed by atoms with Gasteiger partial charge >= 0.3 is 0 Å². The molecule has 0 amide bonds. The van der Waals surface area contributed by atoms with Crippen molar-refractivity contribution in [1.82, 2.24) is 4.57 Å². The van der Waals surface area contributed by atoms with Crippen LogP contribution in [-0.4, -0.2) is 12.6 Å². The molecule has 1 aromatic heterocycles. The zero-order valence-corrected chi connectivity index (χ0v) is 19.5. The van der Waals surface area contributed by atoms with Crippen molar-refractivity contribution in [2.75, 3.05) is 0 Å². The molecule has 0 saturated carbocycles. The van der Waals surface area contributed by atoms with E-state index >= 15 is 0 Å². The summed E-state index contributed by atoms with van der Waals surface area (Å²) in [7, 11) is -0.239. The summed E-state index contributed by atoms with van der Waals surface area (Å²) < 4.78 is 2.35. The van der Waals surface area contributed by atoms with E-state index in [1.807, 2.05) is 0 Å². The molecule has 156 valence electrons. The molecule has 1 aliphatic heterocycles. The van der Waals surface area contributed by atoms with Crippen molar-refractivity contribution < 1.29 is 0 Å². The Morgan fingerprint density at radius 3 is 1.85 bits per heavy atom. The summed E-state index contributed by atoms with van der Waals surface area (Å²) in [4.78, 5) is 0. The molecule has 0 aliphatic carbocycles. The highest BCUT2D eigenvalue weighted by Crippen LogP contribution is 2.39. The van der Waals surface area contributed by atoms with Gasteiger partial charge in [0, 0.05) is 28.9 Å². The van der Waals surface area contributed by atoms with Gasteiger partial charge in [0.1, 0.15) is 0 Å². The number of nitrogens with zero attached hydrogens (tertiary/aromatic N) is 1. The normalized spacial score (nSPS) is 13.8. The molecule has 1 aliphatic rings. The van der Waals surface area contributed by atoms with Gasteiger partial charge in [0.2, 0.25) is 0 Å². The van der Waals surface area contributed by atoms with Crippen LogP contribution in [0.2, 0.25) is 0 Å². The largest absolute Gasteiger partial charge is 0.344 e. The molecule has 0 radical (unpaired) electrons. The maximum absolute atomic E-state index is 2.43. The summed E-state index contributed by atoms with van der Waals surface area (Å²) in [6.45, 7) is 0. The predicted octanol–water partition coefficient (Wildman–Crippen LogP) is 4.69. The summed E-state index contributed by atoms with van der Waals surface area (Å²) in [5.74, 6) is 0. The first-order chi connectivity index (χ1) is 16.3. The number of para-hydroxylation sites is 1. The zero-order valence-electron chi connectivity index (χ0n) is 18.5. The fourth-order valence-electron chi connectivity index (χ4n) is 6.18. The first kappa shape index (κ1) is 18.7. The Bertz CT molecular complexity index is 1620. The Morgan fingerprint density at radius 2 is 1.12 bits per heavy atom. The van der Waals surface area contributed by atoms with E-state index in [4.69, 9.17) is 0 Å².